The molecular formula is C29H33Cl2N3O4S. The van der Waals surface area contributed by atoms with Crippen molar-refractivity contribution in [2.45, 2.75) is 52.1 Å². The lowest BCUT2D eigenvalue weighted by Gasteiger charge is -2.21. The van der Waals surface area contributed by atoms with E-state index in [0.29, 0.717) is 15.6 Å². The fourth-order valence-electron chi connectivity index (χ4n) is 4.47. The van der Waals surface area contributed by atoms with E-state index in [1.165, 1.54) is 4.57 Å². The van der Waals surface area contributed by atoms with Gasteiger partial charge in [0.25, 0.3) is 0 Å². The first-order valence-corrected chi connectivity index (χ1v) is 14.4. The van der Waals surface area contributed by atoms with Gasteiger partial charge in [0.2, 0.25) is 0 Å². The van der Waals surface area contributed by atoms with Crippen molar-refractivity contribution in [3.8, 4) is 0 Å². The SMILES string of the molecule is CC(C)C1=C(c2ccc(Cl)c(Cl)c2)NC(NCC(Cc2cccc3ccn(C(=O)OC(C)(C)C)c23)C(=O)O)S1. The van der Waals surface area contributed by atoms with E-state index in [4.69, 9.17) is 27.9 Å². The Kier molecular flexibility index (Phi) is 8.91. The molecule has 0 spiro atoms. The number of carbonyl (C=O) groups is 2. The highest BCUT2D eigenvalue weighted by atomic mass is 35.5. The van der Waals surface area contributed by atoms with E-state index >= 15 is 0 Å². The van der Waals surface area contributed by atoms with Gasteiger partial charge in [0.15, 0.2) is 0 Å². The molecule has 2 atom stereocenters. The van der Waals surface area contributed by atoms with Crippen LogP contribution >= 0.6 is 35.0 Å². The lowest BCUT2D eigenvalue weighted by atomic mass is 9.97. The summed E-state index contributed by atoms with van der Waals surface area (Å²) in [7, 11) is 0. The Morgan fingerprint density at radius 3 is 2.54 bits per heavy atom. The molecule has 1 aliphatic heterocycles. The lowest BCUT2D eigenvalue weighted by molar-refractivity contribution is -0.141. The van der Waals surface area contributed by atoms with Crippen molar-refractivity contribution >= 4 is 63.6 Å². The number of carboxylic acid groups (broad SMARTS) is 1. The van der Waals surface area contributed by atoms with Crippen LogP contribution in [-0.2, 0) is 16.0 Å². The highest BCUT2D eigenvalue weighted by Crippen LogP contribution is 2.40. The number of benzene rings is 2. The topological polar surface area (TPSA) is 92.6 Å². The standard InChI is InChI=1S/C29H33Cl2N3O4S/c1-16(2)25-23(18-9-10-21(30)22(31)14-18)33-27(39-25)32-15-20(26(35)36)13-19-8-6-7-17-11-12-34(24(17)19)28(37)38-29(3,4)5/h6-12,14,16,20,27,32-33H,13,15H2,1-5H3,(H,35,36). The number of hydrogen-bond donors (Lipinski definition) is 3. The molecular weight excluding hydrogens is 557 g/mol. The fraction of sp³-hybridized carbons (Fsp3) is 0.379. The second kappa shape index (κ2) is 11.8. The minimum Gasteiger partial charge on any atom is -0.481 e. The lowest BCUT2D eigenvalue weighted by Crippen LogP contribution is -2.40. The molecule has 2 aromatic carbocycles. The third-order valence-electron chi connectivity index (χ3n) is 6.25. The van der Waals surface area contributed by atoms with Gasteiger partial charge in [0.1, 0.15) is 11.1 Å². The van der Waals surface area contributed by atoms with E-state index in [1.807, 2.05) is 57.2 Å². The summed E-state index contributed by atoms with van der Waals surface area (Å²) >= 11 is 14.0. The Balaban J connectivity index is 1.51. The summed E-state index contributed by atoms with van der Waals surface area (Å²) in [5.41, 5.74) is 2.45. The number of nitrogens with one attached hydrogen (secondary N) is 2. The largest absolute Gasteiger partial charge is 0.481 e. The molecule has 0 saturated carbocycles. The number of aromatic nitrogens is 1. The number of carbonyl (C=O) groups excluding carboxylic acids is 1. The first kappa shape index (κ1) is 29.3. The molecule has 2 heterocycles. The second-order valence-electron chi connectivity index (χ2n) is 10.8. The molecule has 0 fully saturated rings. The zero-order valence-electron chi connectivity index (χ0n) is 22.5. The zero-order valence-corrected chi connectivity index (χ0v) is 24.9. The van der Waals surface area contributed by atoms with Crippen LogP contribution in [0.5, 0.6) is 0 Å². The van der Waals surface area contributed by atoms with Crippen molar-refractivity contribution < 1.29 is 19.4 Å². The normalized spacial score (nSPS) is 16.6. The Labute approximate surface area is 242 Å². The van der Waals surface area contributed by atoms with E-state index in [1.54, 1.807) is 24.0 Å². The van der Waals surface area contributed by atoms with E-state index < -0.39 is 23.6 Å². The van der Waals surface area contributed by atoms with Crippen LogP contribution in [-0.4, -0.2) is 39.4 Å². The average molecular weight is 591 g/mol. The number of carboxylic acids is 1. The molecule has 2 unspecified atom stereocenters. The molecule has 0 amide bonds. The highest BCUT2D eigenvalue weighted by molar-refractivity contribution is 8.04. The summed E-state index contributed by atoms with van der Waals surface area (Å²) in [5, 5.41) is 18.8. The van der Waals surface area contributed by atoms with Gasteiger partial charge in [-0.1, -0.05) is 73.1 Å². The number of nitrogens with zero attached hydrogens (tertiary/aromatic N) is 1. The molecule has 39 heavy (non-hydrogen) atoms. The van der Waals surface area contributed by atoms with Gasteiger partial charge < -0.3 is 15.2 Å². The van der Waals surface area contributed by atoms with Crippen molar-refractivity contribution in [1.29, 1.82) is 0 Å². The minimum absolute atomic E-state index is 0.213. The molecule has 3 aromatic rings. The maximum absolute atomic E-state index is 12.9. The number of rotatable bonds is 8. The van der Waals surface area contributed by atoms with Gasteiger partial charge in [0, 0.05) is 28.6 Å². The zero-order chi connectivity index (χ0) is 28.5. The molecule has 1 aliphatic rings. The average Bonchev–Trinajstić information content (AvgIpc) is 3.47. The maximum Gasteiger partial charge on any atom is 0.418 e. The second-order valence-corrected chi connectivity index (χ2v) is 12.8. The van der Waals surface area contributed by atoms with Gasteiger partial charge in [-0.2, -0.15) is 0 Å². The van der Waals surface area contributed by atoms with Gasteiger partial charge in [-0.3, -0.25) is 14.7 Å². The van der Waals surface area contributed by atoms with Gasteiger partial charge in [0.05, 0.1) is 27.2 Å². The van der Waals surface area contributed by atoms with Gasteiger partial charge >= 0.3 is 12.1 Å². The molecule has 208 valence electrons. The van der Waals surface area contributed by atoms with E-state index in [9.17, 15) is 14.7 Å². The Morgan fingerprint density at radius 1 is 1.15 bits per heavy atom. The number of para-hydroxylation sites is 1. The third kappa shape index (κ3) is 6.92. The van der Waals surface area contributed by atoms with Crippen LogP contribution in [0.3, 0.4) is 0 Å². The molecule has 0 bridgehead atoms. The number of thioether (sulfide) groups is 1. The van der Waals surface area contributed by atoms with Crippen molar-refractivity contribution in [3.05, 3.63) is 74.7 Å². The molecule has 1 aromatic heterocycles. The molecule has 3 N–H and O–H groups in total. The van der Waals surface area contributed by atoms with Crippen LogP contribution < -0.4 is 10.6 Å². The van der Waals surface area contributed by atoms with Crippen molar-refractivity contribution in [2.75, 3.05) is 6.54 Å². The molecule has 0 radical (unpaired) electrons. The molecule has 4 rings (SSSR count). The van der Waals surface area contributed by atoms with Crippen LogP contribution in [0.15, 0.2) is 53.6 Å². The van der Waals surface area contributed by atoms with Crippen LogP contribution in [0.2, 0.25) is 10.0 Å². The van der Waals surface area contributed by atoms with Crippen LogP contribution in [0, 0.1) is 11.8 Å². The minimum atomic E-state index is -0.917. The van der Waals surface area contributed by atoms with Crippen molar-refractivity contribution in [1.82, 2.24) is 15.2 Å². The summed E-state index contributed by atoms with van der Waals surface area (Å²) in [6.07, 6.45) is 1.41. The van der Waals surface area contributed by atoms with Gasteiger partial charge in [-0.25, -0.2) is 4.79 Å². The quantitative estimate of drug-likeness (QED) is 0.255. The van der Waals surface area contributed by atoms with Crippen LogP contribution in [0.4, 0.5) is 4.79 Å². The van der Waals surface area contributed by atoms with Crippen LogP contribution in [0.25, 0.3) is 16.6 Å². The first-order chi connectivity index (χ1) is 18.3. The third-order valence-corrected chi connectivity index (χ3v) is 8.44. The molecule has 0 saturated heterocycles. The van der Waals surface area contributed by atoms with Crippen molar-refractivity contribution in [3.63, 3.8) is 0 Å². The highest BCUT2D eigenvalue weighted by Gasteiger charge is 2.29. The predicted molar refractivity (Wildman–Crippen MR) is 159 cm³/mol. The fourth-order valence-corrected chi connectivity index (χ4v) is 5.95. The van der Waals surface area contributed by atoms with Crippen molar-refractivity contribution in [2.24, 2.45) is 11.8 Å². The number of allylic oxidation sites excluding steroid dienone is 1. The molecule has 10 heteroatoms. The number of aliphatic carboxylic acids is 1. The molecule has 7 nitrogen and oxygen atoms in total. The predicted octanol–water partition coefficient (Wildman–Crippen LogP) is 7.21. The summed E-state index contributed by atoms with van der Waals surface area (Å²) in [6.45, 7) is 9.89. The summed E-state index contributed by atoms with van der Waals surface area (Å²) in [5.74, 6) is -1.39. The first-order valence-electron chi connectivity index (χ1n) is 12.8. The number of ether oxygens (including phenoxy) is 1. The monoisotopic (exact) mass is 589 g/mol. The Morgan fingerprint density at radius 2 is 1.90 bits per heavy atom. The number of fused-ring (bicyclic) bond motifs is 1. The van der Waals surface area contributed by atoms with E-state index in [-0.39, 0.29) is 24.4 Å². The smallest absolute Gasteiger partial charge is 0.418 e. The van der Waals surface area contributed by atoms with E-state index in [2.05, 4.69) is 24.5 Å². The van der Waals surface area contributed by atoms with Crippen LogP contribution in [0.1, 0.15) is 45.7 Å². The molecule has 0 aliphatic carbocycles. The number of halogens is 2. The van der Waals surface area contributed by atoms with Gasteiger partial charge in [-0.05, 0) is 56.9 Å². The maximum atomic E-state index is 12.9. The Bertz CT molecular complexity index is 1430. The Hall–Kier alpha value is -2.65. The summed E-state index contributed by atoms with van der Waals surface area (Å²) < 4.78 is 7.02. The summed E-state index contributed by atoms with van der Waals surface area (Å²) in [6, 6.07) is 13.0. The summed E-state index contributed by atoms with van der Waals surface area (Å²) in [4.78, 5) is 26.3. The number of hydrogen-bond acceptors (Lipinski definition) is 6. The van der Waals surface area contributed by atoms with E-state index in [0.717, 1.165) is 27.1 Å². The van der Waals surface area contributed by atoms with Gasteiger partial charge in [-0.15, -0.1) is 0 Å².